The van der Waals surface area contributed by atoms with Crippen LogP contribution in [0.4, 0.5) is 0 Å². The Hall–Kier alpha value is -1.06. The Morgan fingerprint density at radius 1 is 1.78 bits per heavy atom. The highest BCUT2D eigenvalue weighted by Gasteiger charge is 2.17. The van der Waals surface area contributed by atoms with Gasteiger partial charge in [0, 0.05) is 0 Å². The van der Waals surface area contributed by atoms with Crippen LogP contribution < -0.4 is 0 Å². The van der Waals surface area contributed by atoms with E-state index in [4.69, 9.17) is 0 Å². The summed E-state index contributed by atoms with van der Waals surface area (Å²) in [5.41, 5.74) is 0. The van der Waals surface area contributed by atoms with E-state index < -0.39 is 12.1 Å². The van der Waals surface area contributed by atoms with E-state index in [1.165, 1.54) is 0 Å². The molecule has 2 radical (unpaired) electrons. The molecule has 0 aromatic carbocycles. The summed E-state index contributed by atoms with van der Waals surface area (Å²) >= 11 is 0. The lowest BCUT2D eigenvalue weighted by molar-refractivity contribution is -0.152. The number of carbonyl (C=O) groups excluding carboxylic acids is 2. The highest BCUT2D eigenvalue weighted by molar-refractivity contribution is 5.73. The van der Waals surface area contributed by atoms with Crippen LogP contribution >= 0.6 is 0 Å². The molecule has 4 nitrogen and oxygen atoms in total. The first-order valence-electron chi connectivity index (χ1n) is 2.46. The minimum Gasteiger partial charge on any atom is -0.442 e. The molecule has 1 unspecified atom stereocenters. The van der Waals surface area contributed by atoms with E-state index in [1.54, 1.807) is 6.92 Å². The largest absolute Gasteiger partial charge is 0.442 e. The van der Waals surface area contributed by atoms with Gasteiger partial charge >= 0.3 is 12.4 Å². The monoisotopic (exact) mass is 130 g/mol. The first-order valence-corrected chi connectivity index (χ1v) is 2.46. The van der Waals surface area contributed by atoms with Gasteiger partial charge in [-0.3, -0.25) is 0 Å². The summed E-state index contributed by atoms with van der Waals surface area (Å²) in [5, 5.41) is 9.91. The lowest BCUT2D eigenvalue weighted by Gasteiger charge is -2.01. The fourth-order valence-corrected chi connectivity index (χ4v) is 0.356. The lowest BCUT2D eigenvalue weighted by atomic mass is 10.3. The van der Waals surface area contributed by atoms with E-state index >= 15 is 0 Å². The number of hydrogen-bond donors (Lipinski definition) is 0. The van der Waals surface area contributed by atoms with Crippen LogP contribution in [0, 0.1) is 0 Å². The zero-order valence-corrected chi connectivity index (χ0v) is 4.92. The second kappa shape index (κ2) is 3.88. The third-order valence-electron chi connectivity index (χ3n) is 0.824. The lowest BCUT2D eigenvalue weighted by Crippen LogP contribution is -2.20. The van der Waals surface area contributed by atoms with E-state index in [0.29, 0.717) is 0 Å². The molecule has 0 saturated carbocycles. The van der Waals surface area contributed by atoms with E-state index in [2.05, 4.69) is 4.74 Å². The maximum absolute atomic E-state index is 9.91. The first-order chi connectivity index (χ1) is 4.22. The molecule has 0 N–H and O–H groups in total. The van der Waals surface area contributed by atoms with Crippen molar-refractivity contribution >= 4 is 12.4 Å². The summed E-state index contributed by atoms with van der Waals surface area (Å²) < 4.78 is 3.98. The van der Waals surface area contributed by atoms with Gasteiger partial charge in [-0.2, -0.15) is 0 Å². The highest BCUT2D eigenvalue weighted by Crippen LogP contribution is 1.94. The third-order valence-corrected chi connectivity index (χ3v) is 0.824. The van der Waals surface area contributed by atoms with Crippen LogP contribution in [0.3, 0.4) is 0 Å². The Labute approximate surface area is 52.4 Å². The Morgan fingerprint density at radius 2 is 2.33 bits per heavy atom. The van der Waals surface area contributed by atoms with Gasteiger partial charge in [0.1, 0.15) is 0 Å². The molecule has 0 aromatic heterocycles. The third kappa shape index (κ3) is 2.69. The quantitative estimate of drug-likeness (QED) is 0.529. The molecule has 0 aromatic rings. The minimum absolute atomic E-state index is 0.206. The molecule has 0 aliphatic carbocycles. The van der Waals surface area contributed by atoms with Gasteiger partial charge in [-0.05, 0) is 6.42 Å². The zero-order valence-electron chi connectivity index (χ0n) is 4.92. The van der Waals surface area contributed by atoms with Gasteiger partial charge in [-0.1, -0.05) is 6.92 Å². The van der Waals surface area contributed by atoms with Crippen LogP contribution in [0.5, 0.6) is 0 Å². The Bertz CT molecular complexity index is 110. The Balaban J connectivity index is 3.67. The second-order valence-electron chi connectivity index (χ2n) is 1.42. The summed E-state index contributed by atoms with van der Waals surface area (Å²) in [7, 11) is 0. The molecule has 1 atom stereocenters. The molecule has 0 aliphatic rings. The maximum atomic E-state index is 9.91. The van der Waals surface area contributed by atoms with Crippen LogP contribution in [0.2, 0.25) is 0 Å². The molecule has 0 fully saturated rings. The molecule has 0 aliphatic heterocycles. The molecular formula is C5H6O4. The van der Waals surface area contributed by atoms with Crippen LogP contribution in [0.15, 0.2) is 0 Å². The predicted octanol–water partition coefficient (Wildman–Crippen LogP) is -0.194. The molecule has 9 heavy (non-hydrogen) atoms. The zero-order chi connectivity index (χ0) is 7.28. The van der Waals surface area contributed by atoms with Crippen LogP contribution in [0.1, 0.15) is 13.3 Å². The van der Waals surface area contributed by atoms with Crippen molar-refractivity contribution in [3.63, 3.8) is 0 Å². The van der Waals surface area contributed by atoms with Gasteiger partial charge in [0.15, 0.2) is 0 Å². The van der Waals surface area contributed by atoms with Gasteiger partial charge in [0.05, 0.1) is 0 Å². The molecule has 0 saturated heterocycles. The van der Waals surface area contributed by atoms with Crippen molar-refractivity contribution in [2.75, 3.05) is 0 Å². The topological polar surface area (TPSA) is 63.3 Å². The van der Waals surface area contributed by atoms with Gasteiger partial charge in [-0.15, -0.1) is 0 Å². The number of carbonyl (C=O) groups is 1. The summed E-state index contributed by atoms with van der Waals surface area (Å²) in [6.07, 6.45) is -0.945. The number of hydrogen-bond acceptors (Lipinski definition) is 3. The van der Waals surface area contributed by atoms with Gasteiger partial charge in [0.25, 0.3) is 0 Å². The van der Waals surface area contributed by atoms with Crippen molar-refractivity contribution in [3.05, 3.63) is 0 Å². The van der Waals surface area contributed by atoms with Crippen LogP contribution in [-0.4, -0.2) is 18.5 Å². The van der Waals surface area contributed by atoms with Crippen molar-refractivity contribution in [1.82, 2.24) is 0 Å². The average molecular weight is 130 g/mol. The summed E-state index contributed by atoms with van der Waals surface area (Å²) in [6, 6.07) is 0. The van der Waals surface area contributed by atoms with E-state index in [1.807, 2.05) is 0 Å². The van der Waals surface area contributed by atoms with Crippen molar-refractivity contribution in [2.24, 2.45) is 0 Å². The number of ether oxygens (including phenoxy) is 1. The van der Waals surface area contributed by atoms with Crippen molar-refractivity contribution in [2.45, 2.75) is 19.4 Å². The van der Waals surface area contributed by atoms with Gasteiger partial charge in [0.2, 0.25) is 6.10 Å². The summed E-state index contributed by atoms with van der Waals surface area (Å²) in [5.74, 6) is -1.39. The van der Waals surface area contributed by atoms with Crippen molar-refractivity contribution in [1.29, 1.82) is 0 Å². The Kier molecular flexibility index (Phi) is 3.43. The van der Waals surface area contributed by atoms with Gasteiger partial charge in [-0.25, -0.2) is 14.7 Å². The predicted molar refractivity (Wildman–Crippen MR) is 26.6 cm³/mol. The highest BCUT2D eigenvalue weighted by atomic mass is 16.5. The van der Waals surface area contributed by atoms with Crippen molar-refractivity contribution in [3.8, 4) is 0 Å². The smallest absolute Gasteiger partial charge is 0.418 e. The Morgan fingerprint density at radius 3 is 2.44 bits per heavy atom. The fourth-order valence-electron chi connectivity index (χ4n) is 0.356. The maximum Gasteiger partial charge on any atom is 0.418 e. The fraction of sp³-hybridized carbons (Fsp3) is 0.600. The van der Waals surface area contributed by atoms with E-state index in [9.17, 15) is 14.7 Å². The number of rotatable bonds is 4. The van der Waals surface area contributed by atoms with Crippen LogP contribution in [0.25, 0.3) is 0 Å². The van der Waals surface area contributed by atoms with Crippen LogP contribution in [-0.2, 0) is 19.4 Å². The molecule has 4 heteroatoms. The van der Waals surface area contributed by atoms with E-state index in [-0.39, 0.29) is 6.42 Å². The minimum atomic E-state index is -1.39. The molecule has 0 spiro atoms. The van der Waals surface area contributed by atoms with Crippen molar-refractivity contribution < 1.29 is 19.4 Å². The molecule has 50 valence electrons. The van der Waals surface area contributed by atoms with Gasteiger partial charge < -0.3 is 4.74 Å². The first kappa shape index (κ1) is 7.94. The summed E-state index contributed by atoms with van der Waals surface area (Å²) in [4.78, 5) is 19.3. The average Bonchev–Trinajstić information content (AvgIpc) is 1.82. The van der Waals surface area contributed by atoms with E-state index in [0.717, 1.165) is 6.47 Å². The molecule has 0 bridgehead atoms. The standard InChI is InChI=1S/C5H6O4/c1-2-4(5(7)8)9-3-6/h4H,2H2,1H3. The normalized spacial score (nSPS) is 12.1. The molecule has 0 rings (SSSR count). The summed E-state index contributed by atoms with van der Waals surface area (Å²) in [6.45, 7) is 2.60. The second-order valence-corrected chi connectivity index (χ2v) is 1.42. The molecule has 0 heterocycles. The SMILES string of the molecule is CCC(O[C]=O)C([O])=O. The molecule has 0 amide bonds. The molecular weight excluding hydrogens is 124 g/mol.